The number of para-hydroxylation sites is 3. The van der Waals surface area contributed by atoms with E-state index in [0.717, 1.165) is 50.2 Å². The second kappa shape index (κ2) is 14.2. The van der Waals surface area contributed by atoms with Crippen LogP contribution in [0, 0.1) is 0 Å². The number of thiophene rings is 1. The second-order valence-corrected chi connectivity index (χ2v) is 17.1. The van der Waals surface area contributed by atoms with Crippen LogP contribution in [0.3, 0.4) is 0 Å². The Hall–Kier alpha value is -8.19. The predicted octanol–water partition coefficient (Wildman–Crippen LogP) is 15.1. The molecule has 0 saturated carbocycles. The number of hydrogen-bond acceptors (Lipinski definition) is 4. The topological polar surface area (TPSA) is 48.5 Å². The lowest BCUT2D eigenvalue weighted by atomic mass is 9.99. The largest absolute Gasteiger partial charge is 0.309 e. The molecule has 4 heterocycles. The van der Waals surface area contributed by atoms with Crippen LogP contribution in [-0.4, -0.2) is 24.1 Å². The molecule has 0 N–H and O–H groups in total. The minimum atomic E-state index is 0.611. The first-order valence-electron chi connectivity index (χ1n) is 21.2. The molecule has 0 spiro atoms. The summed E-state index contributed by atoms with van der Waals surface area (Å²) in [5, 5.41) is 7.38. The van der Waals surface area contributed by atoms with Gasteiger partial charge in [-0.05, 0) is 77.9 Å². The zero-order valence-corrected chi connectivity index (χ0v) is 34.7. The SMILES string of the molecule is c1ccc(-c2nc(-c3ccccc3)nc(-c3cc(-c4ccc5sc6ccccc6c5c4)cc(-n4c5ccccc5c5ccc(-n6c7ccccc7c7ccccc76)cc54)c3)n2)cc1. The fraction of sp³-hybridized carbons (Fsp3) is 0. The molecule has 4 aromatic heterocycles. The van der Waals surface area contributed by atoms with Crippen LogP contribution >= 0.6 is 11.3 Å². The first-order chi connectivity index (χ1) is 31.2. The third-order valence-electron chi connectivity index (χ3n) is 12.3. The second-order valence-electron chi connectivity index (χ2n) is 16.0. The van der Waals surface area contributed by atoms with Crippen molar-refractivity contribution in [3.63, 3.8) is 0 Å². The van der Waals surface area contributed by atoms with Gasteiger partial charge in [-0.3, -0.25) is 0 Å². The molecule has 0 unspecified atom stereocenters. The highest BCUT2D eigenvalue weighted by molar-refractivity contribution is 7.25. The van der Waals surface area contributed by atoms with Gasteiger partial charge >= 0.3 is 0 Å². The fourth-order valence-electron chi connectivity index (χ4n) is 9.46. The number of rotatable bonds is 6. The monoisotopic (exact) mass is 821 g/mol. The summed E-state index contributed by atoms with van der Waals surface area (Å²) in [5.41, 5.74) is 11.7. The van der Waals surface area contributed by atoms with E-state index in [1.54, 1.807) is 0 Å². The lowest BCUT2D eigenvalue weighted by Crippen LogP contribution is -2.02. The van der Waals surface area contributed by atoms with Gasteiger partial charge in [0.05, 0.1) is 22.1 Å². The average Bonchev–Trinajstić information content (AvgIpc) is 4.01. The van der Waals surface area contributed by atoms with Crippen molar-refractivity contribution >= 4 is 75.1 Å². The molecule has 13 rings (SSSR count). The maximum absolute atomic E-state index is 5.24. The molecule has 0 bridgehead atoms. The molecule has 294 valence electrons. The first-order valence-corrected chi connectivity index (χ1v) is 22.0. The van der Waals surface area contributed by atoms with Crippen molar-refractivity contribution in [3.05, 3.63) is 212 Å². The van der Waals surface area contributed by atoms with E-state index in [0.29, 0.717) is 17.5 Å². The molecule has 63 heavy (non-hydrogen) atoms. The molecule has 0 atom stereocenters. The molecule has 0 aliphatic rings. The molecule has 0 radical (unpaired) electrons. The molecule has 5 nitrogen and oxygen atoms in total. The van der Waals surface area contributed by atoms with Gasteiger partial charge in [-0.2, -0.15) is 0 Å². The van der Waals surface area contributed by atoms with Crippen molar-refractivity contribution in [2.24, 2.45) is 0 Å². The molecule has 0 amide bonds. The number of nitrogens with zero attached hydrogens (tertiary/aromatic N) is 5. The lowest BCUT2D eigenvalue weighted by Gasteiger charge is -2.15. The summed E-state index contributed by atoms with van der Waals surface area (Å²) in [5.74, 6) is 1.87. The van der Waals surface area contributed by atoms with Crippen LogP contribution < -0.4 is 0 Å². The predicted molar refractivity (Wildman–Crippen MR) is 263 cm³/mol. The maximum Gasteiger partial charge on any atom is 0.164 e. The Labute approximate surface area is 366 Å². The van der Waals surface area contributed by atoms with Crippen molar-refractivity contribution in [2.75, 3.05) is 0 Å². The molecule has 0 fully saturated rings. The van der Waals surface area contributed by atoms with Gasteiger partial charge in [0.15, 0.2) is 17.5 Å². The standard InChI is InChI=1S/C57H35N5S/c1-3-15-36(16-4-1)55-58-56(37-17-5-2-6-18-37)60-57(59-55)40-31-39(38-27-30-54-48(34-38)47-22-10-14-26-53(47)63-54)32-42(33-40)62-51-25-13-9-21-45(51)46-29-28-41(35-52(46)62)61-49-23-11-7-19-43(49)44-20-8-12-24-50(44)61/h1-35H. The third-order valence-corrected chi connectivity index (χ3v) is 13.5. The van der Waals surface area contributed by atoms with Crippen molar-refractivity contribution in [2.45, 2.75) is 0 Å². The van der Waals surface area contributed by atoms with Crippen LogP contribution in [0.4, 0.5) is 0 Å². The summed E-state index contributed by atoms with van der Waals surface area (Å²) >= 11 is 1.84. The highest BCUT2D eigenvalue weighted by atomic mass is 32.1. The van der Waals surface area contributed by atoms with E-state index >= 15 is 0 Å². The van der Waals surface area contributed by atoms with Gasteiger partial charge in [-0.25, -0.2) is 15.0 Å². The third kappa shape index (κ3) is 5.80. The smallest absolute Gasteiger partial charge is 0.164 e. The quantitative estimate of drug-likeness (QED) is 0.168. The minimum absolute atomic E-state index is 0.611. The number of hydrogen-bond donors (Lipinski definition) is 0. The van der Waals surface area contributed by atoms with Crippen molar-refractivity contribution in [3.8, 4) is 56.7 Å². The van der Waals surface area contributed by atoms with Crippen molar-refractivity contribution in [1.29, 1.82) is 0 Å². The van der Waals surface area contributed by atoms with E-state index in [4.69, 9.17) is 15.0 Å². The van der Waals surface area contributed by atoms with Crippen LogP contribution in [0.15, 0.2) is 212 Å². The van der Waals surface area contributed by atoms with Gasteiger partial charge in [0.2, 0.25) is 0 Å². The Morgan fingerprint density at radius 1 is 0.270 bits per heavy atom. The van der Waals surface area contributed by atoms with Gasteiger partial charge in [-0.1, -0.05) is 146 Å². The Morgan fingerprint density at radius 3 is 1.37 bits per heavy atom. The number of benzene rings is 9. The van der Waals surface area contributed by atoms with Gasteiger partial charge in [0, 0.05) is 69.8 Å². The molecule has 0 saturated heterocycles. The summed E-state index contributed by atoms with van der Waals surface area (Å²) in [4.78, 5) is 15.5. The van der Waals surface area contributed by atoms with Gasteiger partial charge in [0.1, 0.15) is 0 Å². The normalized spacial score (nSPS) is 11.8. The summed E-state index contributed by atoms with van der Waals surface area (Å²) in [7, 11) is 0. The van der Waals surface area contributed by atoms with E-state index in [-0.39, 0.29) is 0 Å². The molecule has 6 heteroatoms. The average molecular weight is 822 g/mol. The van der Waals surface area contributed by atoms with E-state index in [1.807, 2.05) is 47.7 Å². The highest BCUT2D eigenvalue weighted by Crippen LogP contribution is 2.41. The Balaban J connectivity index is 1.10. The summed E-state index contributed by atoms with van der Waals surface area (Å²) in [6.45, 7) is 0. The zero-order chi connectivity index (χ0) is 41.4. The van der Waals surface area contributed by atoms with Crippen molar-refractivity contribution < 1.29 is 0 Å². The first kappa shape index (κ1) is 35.6. The van der Waals surface area contributed by atoms with Crippen LogP contribution in [0.5, 0.6) is 0 Å². The van der Waals surface area contributed by atoms with E-state index in [1.165, 1.54) is 52.8 Å². The zero-order valence-electron chi connectivity index (χ0n) is 33.9. The van der Waals surface area contributed by atoms with Crippen LogP contribution in [0.25, 0.3) is 120 Å². The summed E-state index contributed by atoms with van der Waals surface area (Å²) in [6.07, 6.45) is 0. The van der Waals surface area contributed by atoms with Gasteiger partial charge < -0.3 is 9.13 Å². The maximum atomic E-state index is 5.24. The molecular formula is C57H35N5S. The molecule has 0 aliphatic carbocycles. The lowest BCUT2D eigenvalue weighted by molar-refractivity contribution is 1.07. The molecule has 13 aromatic rings. The van der Waals surface area contributed by atoms with Crippen LogP contribution in [0.1, 0.15) is 0 Å². The van der Waals surface area contributed by atoms with Gasteiger partial charge in [0.25, 0.3) is 0 Å². The van der Waals surface area contributed by atoms with Gasteiger partial charge in [-0.15, -0.1) is 11.3 Å². The minimum Gasteiger partial charge on any atom is -0.309 e. The van der Waals surface area contributed by atoms with E-state index < -0.39 is 0 Å². The molecule has 9 aromatic carbocycles. The van der Waals surface area contributed by atoms with E-state index in [9.17, 15) is 0 Å². The Morgan fingerprint density at radius 2 is 0.746 bits per heavy atom. The summed E-state index contributed by atoms with van der Waals surface area (Å²) < 4.78 is 7.38. The number of fused-ring (bicyclic) bond motifs is 9. The van der Waals surface area contributed by atoms with Crippen LogP contribution in [-0.2, 0) is 0 Å². The fourth-order valence-corrected chi connectivity index (χ4v) is 10.5. The van der Waals surface area contributed by atoms with E-state index in [2.05, 4.69) is 185 Å². The highest BCUT2D eigenvalue weighted by Gasteiger charge is 2.20. The number of aromatic nitrogens is 5. The molecule has 0 aliphatic heterocycles. The van der Waals surface area contributed by atoms with Crippen molar-refractivity contribution in [1.82, 2.24) is 24.1 Å². The Bertz CT molecular complexity index is 3810. The molecular weight excluding hydrogens is 787 g/mol. The van der Waals surface area contributed by atoms with Crippen LogP contribution in [0.2, 0.25) is 0 Å². The summed E-state index contributed by atoms with van der Waals surface area (Å²) in [6, 6.07) is 75.8. The Kier molecular flexibility index (Phi) is 8.01.